The second-order valence-corrected chi connectivity index (χ2v) is 6.22. The van der Waals surface area contributed by atoms with Gasteiger partial charge in [-0.3, -0.25) is 0 Å². The second kappa shape index (κ2) is 7.92. The Labute approximate surface area is 129 Å². The van der Waals surface area contributed by atoms with Crippen LogP contribution in [0.5, 0.6) is 0 Å². The predicted octanol–water partition coefficient (Wildman–Crippen LogP) is 1.06. The van der Waals surface area contributed by atoms with Gasteiger partial charge < -0.3 is 19.7 Å². The highest BCUT2D eigenvalue weighted by Crippen LogP contribution is 2.14. The number of hydrogen-bond acceptors (Lipinski definition) is 4. The van der Waals surface area contributed by atoms with Crippen molar-refractivity contribution in [2.45, 2.75) is 45.3 Å². The predicted molar refractivity (Wildman–Crippen MR) is 87.6 cm³/mol. The van der Waals surface area contributed by atoms with Crippen molar-refractivity contribution in [3.63, 3.8) is 0 Å². The van der Waals surface area contributed by atoms with Crippen molar-refractivity contribution in [3.05, 3.63) is 18.2 Å². The molecule has 120 valence electrons. The average Bonchev–Trinajstić information content (AvgIpc) is 2.90. The van der Waals surface area contributed by atoms with Gasteiger partial charge in [0.1, 0.15) is 5.82 Å². The molecule has 0 saturated carbocycles. The Morgan fingerprint density at radius 1 is 1.33 bits per heavy atom. The molecule has 1 aliphatic rings. The van der Waals surface area contributed by atoms with E-state index in [1.165, 1.54) is 31.9 Å². The molecule has 1 fully saturated rings. The number of aromatic nitrogens is 2. The molecule has 1 aromatic rings. The fraction of sp³-hybridized carbons (Fsp3) is 0.812. The smallest absolute Gasteiger partial charge is 0.110 e. The highest BCUT2D eigenvalue weighted by Gasteiger charge is 2.25. The minimum absolute atomic E-state index is 0.502. The first-order valence-electron chi connectivity index (χ1n) is 8.26. The number of imidazole rings is 1. The van der Waals surface area contributed by atoms with Crippen LogP contribution in [0.15, 0.2) is 12.4 Å². The molecule has 1 aliphatic heterocycles. The summed E-state index contributed by atoms with van der Waals surface area (Å²) >= 11 is 0. The minimum Gasteiger partial charge on any atom is -0.335 e. The highest BCUT2D eigenvalue weighted by atomic mass is 15.3. The molecule has 0 amide bonds. The number of rotatable bonds is 7. The molecule has 0 aromatic carbocycles. The number of hydrogen-bond donors (Lipinski definition) is 1. The lowest BCUT2D eigenvalue weighted by atomic mass is 10.0. The van der Waals surface area contributed by atoms with E-state index in [1.54, 1.807) is 0 Å². The van der Waals surface area contributed by atoms with Gasteiger partial charge in [-0.25, -0.2) is 4.98 Å². The lowest BCUT2D eigenvalue weighted by Gasteiger charge is -2.39. The number of aryl methyl sites for hydroxylation is 1. The molecule has 0 aliphatic carbocycles. The van der Waals surface area contributed by atoms with Gasteiger partial charge in [-0.2, -0.15) is 0 Å². The largest absolute Gasteiger partial charge is 0.335 e. The third-order valence-electron chi connectivity index (χ3n) is 4.60. The fourth-order valence-corrected chi connectivity index (χ4v) is 3.25. The summed E-state index contributed by atoms with van der Waals surface area (Å²) in [5.41, 5.74) is 0. The topological polar surface area (TPSA) is 36.3 Å². The molecule has 2 unspecified atom stereocenters. The number of likely N-dealkylation sites (N-methyl/N-ethyl adjacent to an activating group) is 3. The van der Waals surface area contributed by atoms with Crippen molar-refractivity contribution in [2.24, 2.45) is 0 Å². The summed E-state index contributed by atoms with van der Waals surface area (Å²) < 4.78 is 2.25. The van der Waals surface area contributed by atoms with E-state index in [4.69, 9.17) is 0 Å². The maximum absolute atomic E-state index is 4.54. The van der Waals surface area contributed by atoms with E-state index in [0.717, 1.165) is 19.5 Å². The van der Waals surface area contributed by atoms with Gasteiger partial charge in [0.05, 0.1) is 0 Å². The molecule has 1 saturated heterocycles. The molecule has 5 heteroatoms. The molecule has 2 rings (SSSR count). The number of nitrogens with zero attached hydrogens (tertiary/aromatic N) is 4. The van der Waals surface area contributed by atoms with Crippen molar-refractivity contribution in [1.82, 2.24) is 24.7 Å². The van der Waals surface area contributed by atoms with Crippen LogP contribution in [0.3, 0.4) is 0 Å². The zero-order chi connectivity index (χ0) is 15.2. The summed E-state index contributed by atoms with van der Waals surface area (Å²) in [6.45, 7) is 9.90. The third-order valence-corrected chi connectivity index (χ3v) is 4.60. The molecule has 2 heterocycles. The lowest BCUT2D eigenvalue weighted by Crippen LogP contribution is -2.52. The van der Waals surface area contributed by atoms with E-state index >= 15 is 0 Å². The van der Waals surface area contributed by atoms with Crippen molar-refractivity contribution in [2.75, 3.05) is 40.3 Å². The van der Waals surface area contributed by atoms with Crippen molar-refractivity contribution >= 4 is 0 Å². The van der Waals surface area contributed by atoms with E-state index in [2.05, 4.69) is 58.8 Å². The maximum Gasteiger partial charge on any atom is 0.110 e. The lowest BCUT2D eigenvalue weighted by molar-refractivity contribution is 0.101. The van der Waals surface area contributed by atoms with Crippen molar-refractivity contribution < 1.29 is 0 Å². The van der Waals surface area contributed by atoms with Crippen molar-refractivity contribution in [3.8, 4) is 0 Å². The SMILES string of the molecule is CCNC(Cc1nccn1CC)CC1CN(C)CCN1C. The van der Waals surface area contributed by atoms with Crippen LogP contribution in [0.4, 0.5) is 0 Å². The fourth-order valence-electron chi connectivity index (χ4n) is 3.25. The van der Waals surface area contributed by atoms with Crippen LogP contribution < -0.4 is 5.32 Å². The van der Waals surface area contributed by atoms with Crippen molar-refractivity contribution in [1.29, 1.82) is 0 Å². The molecule has 2 atom stereocenters. The van der Waals surface area contributed by atoms with E-state index in [1.807, 2.05) is 6.20 Å². The van der Waals surface area contributed by atoms with Gasteiger partial charge in [0, 0.05) is 57.1 Å². The quantitative estimate of drug-likeness (QED) is 0.815. The molecular formula is C16H31N5. The van der Waals surface area contributed by atoms with Crippen LogP contribution in [-0.2, 0) is 13.0 Å². The Kier molecular flexibility index (Phi) is 6.21. The number of nitrogens with one attached hydrogen (secondary N) is 1. The van der Waals surface area contributed by atoms with Gasteiger partial charge >= 0.3 is 0 Å². The minimum atomic E-state index is 0.502. The van der Waals surface area contributed by atoms with Crippen LogP contribution in [0.2, 0.25) is 0 Å². The molecule has 1 N–H and O–H groups in total. The summed E-state index contributed by atoms with van der Waals surface area (Å²) in [6, 6.07) is 1.14. The summed E-state index contributed by atoms with van der Waals surface area (Å²) in [6.07, 6.45) is 6.20. The van der Waals surface area contributed by atoms with E-state index < -0.39 is 0 Å². The van der Waals surface area contributed by atoms with E-state index in [-0.39, 0.29) is 0 Å². The van der Waals surface area contributed by atoms with Gasteiger partial charge in [-0.05, 0) is 34.0 Å². The van der Waals surface area contributed by atoms with E-state index in [9.17, 15) is 0 Å². The Morgan fingerprint density at radius 2 is 2.14 bits per heavy atom. The molecule has 21 heavy (non-hydrogen) atoms. The molecule has 1 aromatic heterocycles. The normalized spacial score (nSPS) is 22.6. The average molecular weight is 293 g/mol. The molecular weight excluding hydrogens is 262 g/mol. The first-order valence-corrected chi connectivity index (χ1v) is 8.26. The summed E-state index contributed by atoms with van der Waals surface area (Å²) in [7, 11) is 4.49. The van der Waals surface area contributed by atoms with E-state index in [0.29, 0.717) is 12.1 Å². The molecule has 5 nitrogen and oxygen atoms in total. The summed E-state index contributed by atoms with van der Waals surface area (Å²) in [5, 5.41) is 3.66. The third kappa shape index (κ3) is 4.53. The zero-order valence-corrected chi connectivity index (χ0v) is 14.0. The van der Waals surface area contributed by atoms with Crippen LogP contribution >= 0.6 is 0 Å². The summed E-state index contributed by atoms with van der Waals surface area (Å²) in [5.74, 6) is 1.20. The Hall–Kier alpha value is -0.910. The monoisotopic (exact) mass is 293 g/mol. The van der Waals surface area contributed by atoms with Crippen LogP contribution in [-0.4, -0.2) is 71.7 Å². The molecule has 0 bridgehead atoms. The Balaban J connectivity index is 1.98. The van der Waals surface area contributed by atoms with Crippen LogP contribution in [0, 0.1) is 0 Å². The van der Waals surface area contributed by atoms with Crippen LogP contribution in [0.25, 0.3) is 0 Å². The molecule has 0 radical (unpaired) electrons. The van der Waals surface area contributed by atoms with Gasteiger partial charge in [-0.1, -0.05) is 6.92 Å². The van der Waals surface area contributed by atoms with Gasteiger partial charge in [0.25, 0.3) is 0 Å². The van der Waals surface area contributed by atoms with Gasteiger partial charge in [0.15, 0.2) is 0 Å². The first-order chi connectivity index (χ1) is 10.1. The zero-order valence-electron chi connectivity index (χ0n) is 14.0. The Morgan fingerprint density at radius 3 is 2.86 bits per heavy atom. The van der Waals surface area contributed by atoms with Gasteiger partial charge in [-0.15, -0.1) is 0 Å². The Bertz CT molecular complexity index is 417. The first kappa shape index (κ1) is 16.5. The highest BCUT2D eigenvalue weighted by molar-refractivity contribution is 4.97. The summed E-state index contributed by atoms with van der Waals surface area (Å²) in [4.78, 5) is 9.49. The standard InChI is InChI=1S/C16H31N5/c1-5-17-14(12-16-18-7-8-21(16)6-2)11-15-13-19(3)9-10-20(15)4/h7-8,14-15,17H,5-6,9-13H2,1-4H3. The van der Waals surface area contributed by atoms with Crippen LogP contribution in [0.1, 0.15) is 26.1 Å². The molecule has 0 spiro atoms. The second-order valence-electron chi connectivity index (χ2n) is 6.22. The maximum atomic E-state index is 4.54. The number of piperazine rings is 1. The van der Waals surface area contributed by atoms with Gasteiger partial charge in [0.2, 0.25) is 0 Å².